The van der Waals surface area contributed by atoms with Crippen molar-refractivity contribution in [2.24, 2.45) is 11.8 Å². The second-order valence-corrected chi connectivity index (χ2v) is 8.03. The largest absolute Gasteiger partial charge is 0.493 e. The molecule has 176 valence electrons. The number of nitrogens with one attached hydrogen (secondary N) is 3. The molecule has 2 aromatic rings. The summed E-state index contributed by atoms with van der Waals surface area (Å²) in [5.74, 6) is -0.595. The molecule has 0 bridgehead atoms. The fourth-order valence-corrected chi connectivity index (χ4v) is 4.82. The van der Waals surface area contributed by atoms with Crippen LogP contribution in [0.4, 0.5) is 5.69 Å². The number of hydrogen-bond donors (Lipinski definition) is 4. The summed E-state index contributed by atoms with van der Waals surface area (Å²) >= 11 is 0. The highest BCUT2D eigenvalue weighted by Crippen LogP contribution is 2.45. The lowest BCUT2D eigenvalue weighted by molar-refractivity contribution is -0.384. The van der Waals surface area contributed by atoms with Crippen molar-refractivity contribution < 1.29 is 29.0 Å². The highest BCUT2D eigenvalue weighted by molar-refractivity contribution is 5.71. The van der Waals surface area contributed by atoms with Gasteiger partial charge in [0.1, 0.15) is 0 Å². The van der Waals surface area contributed by atoms with Gasteiger partial charge in [-0.05, 0) is 29.7 Å². The number of rotatable bonds is 7. The predicted molar refractivity (Wildman–Crippen MR) is 117 cm³/mol. The van der Waals surface area contributed by atoms with E-state index in [0.717, 1.165) is 5.56 Å². The molecule has 2 aliphatic heterocycles. The van der Waals surface area contributed by atoms with Gasteiger partial charge in [-0.1, -0.05) is 12.1 Å². The minimum atomic E-state index is -0.926. The lowest BCUT2D eigenvalue weighted by atomic mass is 9.74. The van der Waals surface area contributed by atoms with Gasteiger partial charge in [-0.15, -0.1) is 0 Å². The van der Waals surface area contributed by atoms with Crippen LogP contribution < -0.4 is 30.4 Å². The third-order valence-corrected chi connectivity index (χ3v) is 6.35. The molecule has 0 aromatic heterocycles. The lowest BCUT2D eigenvalue weighted by Gasteiger charge is -2.39. The maximum Gasteiger partial charge on any atom is 0.307 e. The molecule has 11 nitrogen and oxygen atoms in total. The topological polar surface area (TPSA) is 144 Å². The molecule has 2 saturated heterocycles. The molecule has 0 saturated carbocycles. The van der Waals surface area contributed by atoms with Gasteiger partial charge in [-0.2, -0.15) is 0 Å². The van der Waals surface area contributed by atoms with Crippen molar-refractivity contribution in [3.05, 3.63) is 57.6 Å². The first-order valence-corrected chi connectivity index (χ1v) is 10.4. The molecule has 0 spiro atoms. The number of nitro groups is 1. The Hall–Kier alpha value is -3.41. The van der Waals surface area contributed by atoms with E-state index in [1.54, 1.807) is 24.3 Å². The van der Waals surface area contributed by atoms with Crippen LogP contribution in [0.5, 0.6) is 17.2 Å². The zero-order valence-corrected chi connectivity index (χ0v) is 18.4. The number of benzene rings is 2. The van der Waals surface area contributed by atoms with Crippen molar-refractivity contribution in [1.29, 1.82) is 0 Å². The number of nitrogens with zero attached hydrogens (tertiary/aromatic N) is 1. The summed E-state index contributed by atoms with van der Waals surface area (Å²) in [5, 5.41) is 24.8. The Morgan fingerprint density at radius 2 is 1.76 bits per heavy atom. The van der Waals surface area contributed by atoms with E-state index in [1.165, 1.54) is 33.5 Å². The van der Waals surface area contributed by atoms with Crippen LogP contribution in [0.25, 0.3) is 0 Å². The summed E-state index contributed by atoms with van der Waals surface area (Å²) in [4.78, 5) is 23.1. The number of non-ortho nitro benzene ring substituents is 1. The molecule has 0 aliphatic carbocycles. The highest BCUT2D eigenvalue weighted by Gasteiger charge is 2.49. The Balaban J connectivity index is 1.66. The Bertz CT molecular complexity index is 1040. The second kappa shape index (κ2) is 9.22. The van der Waals surface area contributed by atoms with Gasteiger partial charge in [0, 0.05) is 24.1 Å². The molecular weight excluding hydrogens is 432 g/mol. The van der Waals surface area contributed by atoms with Crippen molar-refractivity contribution in [2.75, 3.05) is 21.3 Å². The molecule has 2 aliphatic rings. The van der Waals surface area contributed by atoms with E-state index in [4.69, 9.17) is 14.2 Å². The molecule has 4 N–H and O–H groups in total. The van der Waals surface area contributed by atoms with E-state index in [-0.39, 0.29) is 23.8 Å². The van der Waals surface area contributed by atoms with E-state index in [0.29, 0.717) is 29.2 Å². The zero-order valence-electron chi connectivity index (χ0n) is 18.4. The number of fused-ring (bicyclic) bond motifs is 1. The third-order valence-electron chi connectivity index (χ3n) is 6.35. The summed E-state index contributed by atoms with van der Waals surface area (Å²) in [6.07, 6.45) is -0.0718. The van der Waals surface area contributed by atoms with E-state index in [2.05, 4.69) is 16.2 Å². The first-order chi connectivity index (χ1) is 15.9. The molecule has 5 unspecified atom stereocenters. The maximum absolute atomic E-state index is 12.3. The smallest absolute Gasteiger partial charge is 0.307 e. The molecule has 0 radical (unpaired) electrons. The average molecular weight is 458 g/mol. The number of aliphatic carboxylic acids is 1. The number of methoxy groups -OCH3 is 3. The number of nitro benzene ring substituents is 1. The lowest BCUT2D eigenvalue weighted by Crippen LogP contribution is -2.53. The van der Waals surface area contributed by atoms with Gasteiger partial charge >= 0.3 is 5.97 Å². The molecule has 0 amide bonds. The van der Waals surface area contributed by atoms with Crippen LogP contribution in [-0.4, -0.2) is 43.5 Å². The van der Waals surface area contributed by atoms with Gasteiger partial charge in [0.2, 0.25) is 5.75 Å². The minimum Gasteiger partial charge on any atom is -0.493 e. The van der Waals surface area contributed by atoms with Gasteiger partial charge in [0.25, 0.3) is 5.69 Å². The molecule has 33 heavy (non-hydrogen) atoms. The molecule has 11 heteroatoms. The zero-order chi connectivity index (χ0) is 23.7. The molecule has 5 atom stereocenters. The van der Waals surface area contributed by atoms with Crippen LogP contribution in [0.15, 0.2) is 36.4 Å². The summed E-state index contributed by atoms with van der Waals surface area (Å²) in [5.41, 5.74) is 7.69. The summed E-state index contributed by atoms with van der Waals surface area (Å²) in [6.45, 7) is 0. The van der Waals surface area contributed by atoms with Gasteiger partial charge < -0.3 is 19.3 Å². The average Bonchev–Trinajstić information content (AvgIpc) is 3.26. The van der Waals surface area contributed by atoms with Crippen molar-refractivity contribution in [1.82, 2.24) is 16.2 Å². The van der Waals surface area contributed by atoms with Crippen molar-refractivity contribution in [3.8, 4) is 17.2 Å². The quantitative estimate of drug-likeness (QED) is 0.360. The third kappa shape index (κ3) is 4.17. The first kappa shape index (κ1) is 22.8. The van der Waals surface area contributed by atoms with Crippen molar-refractivity contribution >= 4 is 11.7 Å². The summed E-state index contributed by atoms with van der Waals surface area (Å²) in [6, 6.07) is 9.15. The van der Waals surface area contributed by atoms with Crippen LogP contribution in [0.3, 0.4) is 0 Å². The van der Waals surface area contributed by atoms with Gasteiger partial charge in [-0.3, -0.25) is 20.2 Å². The normalized spacial score (nSPS) is 26.3. The number of hydrazine groups is 1. The Kier molecular flexibility index (Phi) is 6.36. The van der Waals surface area contributed by atoms with Crippen molar-refractivity contribution in [3.63, 3.8) is 0 Å². The van der Waals surface area contributed by atoms with E-state index in [9.17, 15) is 20.0 Å². The molecule has 2 aromatic carbocycles. The van der Waals surface area contributed by atoms with E-state index in [1.807, 2.05) is 0 Å². The maximum atomic E-state index is 12.3. The van der Waals surface area contributed by atoms with E-state index >= 15 is 0 Å². The predicted octanol–water partition coefficient (Wildman–Crippen LogP) is 2.15. The van der Waals surface area contributed by atoms with Gasteiger partial charge in [0.15, 0.2) is 11.5 Å². The summed E-state index contributed by atoms with van der Waals surface area (Å²) in [7, 11) is 4.57. The van der Waals surface area contributed by atoms with Crippen LogP contribution in [-0.2, 0) is 4.79 Å². The van der Waals surface area contributed by atoms with Gasteiger partial charge in [0.05, 0.1) is 44.4 Å². The Morgan fingerprint density at radius 1 is 1.06 bits per heavy atom. The number of carboxylic acid groups (broad SMARTS) is 1. The number of carbonyl (C=O) groups is 1. The molecule has 2 fully saturated rings. The fourth-order valence-electron chi connectivity index (χ4n) is 4.82. The summed E-state index contributed by atoms with van der Waals surface area (Å²) < 4.78 is 16.3. The number of carboxylic acids is 1. The molecule has 4 rings (SSSR count). The van der Waals surface area contributed by atoms with Crippen molar-refractivity contribution in [2.45, 2.75) is 24.7 Å². The van der Waals surface area contributed by atoms with Crippen LogP contribution in [0.1, 0.15) is 29.6 Å². The number of hydrogen-bond acceptors (Lipinski definition) is 9. The monoisotopic (exact) mass is 458 g/mol. The van der Waals surface area contributed by atoms with Gasteiger partial charge in [-0.25, -0.2) is 10.9 Å². The first-order valence-electron chi connectivity index (χ1n) is 10.4. The van der Waals surface area contributed by atoms with Crippen LogP contribution in [0.2, 0.25) is 0 Å². The highest BCUT2D eigenvalue weighted by atomic mass is 16.6. The number of ether oxygens (including phenoxy) is 3. The fraction of sp³-hybridized carbons (Fsp3) is 0.409. The van der Waals surface area contributed by atoms with E-state index < -0.39 is 22.9 Å². The number of piperidine rings is 1. The van der Waals surface area contributed by atoms with Crippen LogP contribution in [0, 0.1) is 22.0 Å². The molecular formula is C22H26N4O7. The minimum absolute atomic E-state index is 0.0382. The second-order valence-electron chi connectivity index (χ2n) is 8.03. The van der Waals surface area contributed by atoms with Crippen LogP contribution >= 0.6 is 0 Å². The standard InChI is InChI=1S/C22H26N4O7/c1-31-16-8-12(9-17(32-2)20(16)33-3)15-10-14(22(27)28)18-19(24-25-21(18)23-15)11-5-4-6-13(7-11)26(29)30/h4-9,14-15,18-19,21,23-25H,10H2,1-3H3,(H,27,28). The Labute approximate surface area is 190 Å². The molecule has 2 heterocycles. The SMILES string of the molecule is COc1cc(C2CC(C(=O)O)C3C(NNC3c3cccc([N+](=O)[O-])c3)N2)cc(OC)c1OC. The Morgan fingerprint density at radius 3 is 2.33 bits per heavy atom.